The summed E-state index contributed by atoms with van der Waals surface area (Å²) in [6.45, 7) is 6.21. The molecule has 6 heteroatoms. The molecule has 5 nitrogen and oxygen atoms in total. The number of thioether (sulfide) groups is 1. The Morgan fingerprint density at radius 3 is 2.69 bits per heavy atom. The van der Waals surface area contributed by atoms with Gasteiger partial charge in [0.15, 0.2) is 0 Å². The van der Waals surface area contributed by atoms with Crippen molar-refractivity contribution in [1.82, 2.24) is 10.2 Å². The lowest BCUT2D eigenvalue weighted by atomic mass is 10.2. The number of aliphatic carboxylic acids is 1. The molecule has 0 aromatic heterocycles. The summed E-state index contributed by atoms with van der Waals surface area (Å²) in [5.74, 6) is -0.110. The van der Waals surface area contributed by atoms with Crippen LogP contribution in [0.25, 0.3) is 0 Å². The average molecular weight is 246 g/mol. The molecule has 0 radical (unpaired) electrons. The first-order valence-corrected chi connectivity index (χ1v) is 6.40. The van der Waals surface area contributed by atoms with E-state index in [0.717, 1.165) is 5.75 Å². The highest BCUT2D eigenvalue weighted by Crippen LogP contribution is 2.24. The van der Waals surface area contributed by atoms with Gasteiger partial charge in [-0.15, -0.1) is 0 Å². The van der Waals surface area contributed by atoms with Gasteiger partial charge in [0, 0.05) is 23.6 Å². The first kappa shape index (κ1) is 13.2. The van der Waals surface area contributed by atoms with E-state index in [1.807, 2.05) is 18.7 Å². The second kappa shape index (κ2) is 5.43. The van der Waals surface area contributed by atoms with Gasteiger partial charge in [-0.2, -0.15) is 11.8 Å². The van der Waals surface area contributed by atoms with Crippen LogP contribution in [-0.2, 0) is 4.79 Å². The minimum Gasteiger partial charge on any atom is -0.480 e. The number of carboxylic acids is 1. The van der Waals surface area contributed by atoms with Gasteiger partial charge in [-0.25, -0.2) is 4.79 Å². The molecular weight excluding hydrogens is 228 g/mol. The standard InChI is InChI=1S/C10H18N2O3S/c1-6(9(13)14)11-10(15)12-4-5-16-8(3)7(12)2/h6-8H,4-5H2,1-3H3,(H,11,15)(H,13,14)/t6-,7?,8?/m1/s1. The Kier molecular flexibility index (Phi) is 4.46. The molecule has 2 amide bonds. The van der Waals surface area contributed by atoms with Crippen molar-refractivity contribution < 1.29 is 14.7 Å². The monoisotopic (exact) mass is 246 g/mol. The third-order valence-corrected chi connectivity index (χ3v) is 4.19. The zero-order valence-electron chi connectivity index (χ0n) is 9.77. The summed E-state index contributed by atoms with van der Waals surface area (Å²) < 4.78 is 0. The number of nitrogens with zero attached hydrogens (tertiary/aromatic N) is 1. The molecule has 0 aromatic carbocycles. The molecule has 1 fully saturated rings. The van der Waals surface area contributed by atoms with E-state index in [0.29, 0.717) is 11.8 Å². The Balaban J connectivity index is 2.56. The molecule has 0 aliphatic carbocycles. The molecule has 1 aliphatic heterocycles. The fourth-order valence-electron chi connectivity index (χ4n) is 1.55. The highest BCUT2D eigenvalue weighted by atomic mass is 32.2. The number of amides is 2. The number of carbonyl (C=O) groups is 2. The summed E-state index contributed by atoms with van der Waals surface area (Å²) in [5.41, 5.74) is 0. The molecule has 1 rings (SSSR count). The van der Waals surface area contributed by atoms with Crippen LogP contribution in [0.5, 0.6) is 0 Å². The van der Waals surface area contributed by atoms with E-state index in [1.54, 1.807) is 4.90 Å². The Bertz CT molecular complexity index is 285. The molecule has 1 heterocycles. The highest BCUT2D eigenvalue weighted by Gasteiger charge is 2.30. The van der Waals surface area contributed by atoms with E-state index in [2.05, 4.69) is 12.2 Å². The number of rotatable bonds is 2. The second-order valence-corrected chi connectivity index (χ2v) is 5.50. The van der Waals surface area contributed by atoms with Gasteiger partial charge in [-0.3, -0.25) is 4.79 Å². The molecule has 2 N–H and O–H groups in total. The summed E-state index contributed by atoms with van der Waals surface area (Å²) in [6.07, 6.45) is 0. The van der Waals surface area contributed by atoms with E-state index >= 15 is 0 Å². The number of carbonyl (C=O) groups excluding carboxylic acids is 1. The van der Waals surface area contributed by atoms with Crippen LogP contribution in [0.15, 0.2) is 0 Å². The zero-order chi connectivity index (χ0) is 12.3. The van der Waals surface area contributed by atoms with Crippen LogP contribution in [0.3, 0.4) is 0 Å². The maximum Gasteiger partial charge on any atom is 0.325 e. The largest absolute Gasteiger partial charge is 0.480 e. The van der Waals surface area contributed by atoms with Gasteiger partial charge >= 0.3 is 12.0 Å². The van der Waals surface area contributed by atoms with E-state index in [1.165, 1.54) is 6.92 Å². The molecule has 3 atom stereocenters. The van der Waals surface area contributed by atoms with Crippen molar-refractivity contribution >= 4 is 23.8 Å². The molecule has 0 bridgehead atoms. The van der Waals surface area contributed by atoms with Gasteiger partial charge in [0.2, 0.25) is 0 Å². The van der Waals surface area contributed by atoms with Crippen molar-refractivity contribution in [3.63, 3.8) is 0 Å². The van der Waals surface area contributed by atoms with Crippen LogP contribution in [0.4, 0.5) is 4.79 Å². The average Bonchev–Trinajstić information content (AvgIpc) is 2.21. The maximum atomic E-state index is 11.8. The van der Waals surface area contributed by atoms with Gasteiger partial charge in [0.25, 0.3) is 0 Å². The van der Waals surface area contributed by atoms with Crippen molar-refractivity contribution in [3.8, 4) is 0 Å². The van der Waals surface area contributed by atoms with E-state index in [4.69, 9.17) is 5.11 Å². The lowest BCUT2D eigenvalue weighted by Gasteiger charge is -2.37. The number of hydrogen-bond donors (Lipinski definition) is 2. The SMILES string of the molecule is CC1SCCN(C(=O)N[C@H](C)C(=O)O)C1C. The summed E-state index contributed by atoms with van der Waals surface area (Å²) >= 11 is 1.83. The normalized spacial score (nSPS) is 27.3. The lowest BCUT2D eigenvalue weighted by Crippen LogP contribution is -2.54. The quantitative estimate of drug-likeness (QED) is 0.762. The third-order valence-electron chi connectivity index (χ3n) is 2.86. The Labute approximate surface area is 99.6 Å². The summed E-state index contributed by atoms with van der Waals surface area (Å²) in [6, 6.07) is -0.987. The van der Waals surface area contributed by atoms with Crippen LogP contribution < -0.4 is 5.32 Å². The smallest absolute Gasteiger partial charge is 0.325 e. The van der Waals surface area contributed by atoms with Crippen molar-refractivity contribution in [2.45, 2.75) is 38.1 Å². The molecule has 1 aliphatic rings. The first-order valence-electron chi connectivity index (χ1n) is 5.35. The fraction of sp³-hybridized carbons (Fsp3) is 0.800. The molecule has 0 spiro atoms. The third kappa shape index (κ3) is 3.04. The summed E-state index contributed by atoms with van der Waals surface area (Å²) in [4.78, 5) is 24.1. The zero-order valence-corrected chi connectivity index (χ0v) is 10.6. The van der Waals surface area contributed by atoms with Gasteiger partial charge in [0.1, 0.15) is 6.04 Å². The van der Waals surface area contributed by atoms with Gasteiger partial charge in [-0.1, -0.05) is 6.92 Å². The van der Waals surface area contributed by atoms with Gasteiger partial charge in [-0.05, 0) is 13.8 Å². The highest BCUT2D eigenvalue weighted by molar-refractivity contribution is 8.00. The maximum absolute atomic E-state index is 11.8. The Morgan fingerprint density at radius 1 is 1.50 bits per heavy atom. The van der Waals surface area contributed by atoms with E-state index < -0.39 is 12.0 Å². The molecule has 92 valence electrons. The van der Waals surface area contributed by atoms with Crippen LogP contribution >= 0.6 is 11.8 Å². The fourth-order valence-corrected chi connectivity index (χ4v) is 2.65. The molecule has 2 unspecified atom stereocenters. The van der Waals surface area contributed by atoms with Crippen LogP contribution in [-0.4, -0.2) is 51.6 Å². The van der Waals surface area contributed by atoms with Crippen molar-refractivity contribution in [3.05, 3.63) is 0 Å². The predicted molar refractivity (Wildman–Crippen MR) is 63.7 cm³/mol. The number of urea groups is 1. The summed E-state index contributed by atoms with van der Waals surface area (Å²) in [7, 11) is 0. The predicted octanol–water partition coefficient (Wildman–Crippen LogP) is 0.995. The lowest BCUT2D eigenvalue weighted by molar-refractivity contribution is -0.138. The molecular formula is C10H18N2O3S. The molecule has 1 saturated heterocycles. The first-order chi connectivity index (χ1) is 7.43. The van der Waals surface area contributed by atoms with Crippen LogP contribution in [0.1, 0.15) is 20.8 Å². The number of nitrogens with one attached hydrogen (secondary N) is 1. The molecule has 16 heavy (non-hydrogen) atoms. The number of hydrogen-bond acceptors (Lipinski definition) is 3. The van der Waals surface area contributed by atoms with Gasteiger partial charge < -0.3 is 15.3 Å². The Morgan fingerprint density at radius 2 is 2.12 bits per heavy atom. The summed E-state index contributed by atoms with van der Waals surface area (Å²) in [5, 5.41) is 11.6. The molecule has 0 aromatic rings. The van der Waals surface area contributed by atoms with Crippen molar-refractivity contribution in [1.29, 1.82) is 0 Å². The van der Waals surface area contributed by atoms with Gasteiger partial charge in [0.05, 0.1) is 0 Å². The van der Waals surface area contributed by atoms with Crippen molar-refractivity contribution in [2.75, 3.05) is 12.3 Å². The van der Waals surface area contributed by atoms with Crippen LogP contribution in [0, 0.1) is 0 Å². The van der Waals surface area contributed by atoms with E-state index in [9.17, 15) is 9.59 Å². The number of carboxylic acid groups (broad SMARTS) is 1. The minimum atomic E-state index is -1.01. The van der Waals surface area contributed by atoms with Crippen molar-refractivity contribution in [2.24, 2.45) is 0 Å². The van der Waals surface area contributed by atoms with E-state index in [-0.39, 0.29) is 12.1 Å². The second-order valence-electron chi connectivity index (χ2n) is 4.02. The van der Waals surface area contributed by atoms with Crippen LogP contribution in [0.2, 0.25) is 0 Å². The minimum absolute atomic E-state index is 0.139. The Hall–Kier alpha value is -0.910. The molecule has 0 saturated carbocycles. The topological polar surface area (TPSA) is 69.6 Å².